The number of hydrogen-bond donors (Lipinski definition) is 0. The summed E-state index contributed by atoms with van der Waals surface area (Å²) in [6, 6.07) is 17.2. The molecule has 0 spiro atoms. The number of anilines is 1. The van der Waals surface area contributed by atoms with Crippen LogP contribution in [-0.4, -0.2) is 15.8 Å². The van der Waals surface area contributed by atoms with Gasteiger partial charge in [-0.25, -0.2) is 0 Å². The van der Waals surface area contributed by atoms with Gasteiger partial charge in [0.25, 0.3) is 17.3 Å². The molecule has 3 rings (SSSR count). The number of nitro groups is 2. The van der Waals surface area contributed by atoms with E-state index in [9.17, 15) is 25.0 Å². The monoisotopic (exact) mass is 533 g/mol. The minimum atomic E-state index is -0.762. The van der Waals surface area contributed by atoms with Gasteiger partial charge < -0.3 is 4.90 Å². The van der Waals surface area contributed by atoms with Crippen molar-refractivity contribution in [2.45, 2.75) is 6.54 Å². The molecule has 10 heteroatoms. The first kappa shape index (κ1) is 21.6. The number of nitro benzene ring substituents is 2. The number of hydrogen-bond acceptors (Lipinski definition) is 5. The average molecular weight is 535 g/mol. The van der Waals surface area contributed by atoms with E-state index < -0.39 is 27.1 Å². The summed E-state index contributed by atoms with van der Waals surface area (Å²) in [6.07, 6.45) is 0. The van der Waals surface area contributed by atoms with E-state index in [-0.39, 0.29) is 12.1 Å². The van der Waals surface area contributed by atoms with E-state index in [4.69, 9.17) is 0 Å². The quantitative estimate of drug-likeness (QED) is 0.290. The topological polar surface area (TPSA) is 107 Å². The fraction of sp³-hybridized carbons (Fsp3) is 0.0500. The van der Waals surface area contributed by atoms with Gasteiger partial charge in [0.2, 0.25) is 0 Å². The Morgan fingerprint density at radius 3 is 1.97 bits per heavy atom. The van der Waals surface area contributed by atoms with E-state index >= 15 is 0 Å². The molecule has 0 aliphatic carbocycles. The highest BCUT2D eigenvalue weighted by Gasteiger charge is 2.25. The minimum absolute atomic E-state index is 0.147. The van der Waals surface area contributed by atoms with E-state index in [1.807, 2.05) is 24.3 Å². The molecule has 0 saturated carbocycles. The predicted molar refractivity (Wildman–Crippen MR) is 119 cm³/mol. The van der Waals surface area contributed by atoms with Crippen LogP contribution in [0, 0.1) is 20.2 Å². The summed E-state index contributed by atoms with van der Waals surface area (Å²) >= 11 is 6.80. The summed E-state index contributed by atoms with van der Waals surface area (Å²) in [5.41, 5.74) is 0.140. The van der Waals surface area contributed by atoms with Crippen LogP contribution < -0.4 is 4.90 Å². The van der Waals surface area contributed by atoms with E-state index in [2.05, 4.69) is 31.9 Å². The zero-order valence-electron chi connectivity index (χ0n) is 15.2. The Balaban J connectivity index is 2.10. The molecular weight excluding hydrogens is 522 g/mol. The third kappa shape index (κ3) is 4.89. The molecule has 0 aromatic heterocycles. The first-order valence-corrected chi connectivity index (χ1v) is 10.1. The van der Waals surface area contributed by atoms with Gasteiger partial charge in [0.05, 0.1) is 28.0 Å². The zero-order chi connectivity index (χ0) is 21.8. The number of amides is 1. The highest BCUT2D eigenvalue weighted by molar-refractivity contribution is 9.10. The van der Waals surface area contributed by atoms with Crippen LogP contribution in [-0.2, 0) is 6.54 Å². The van der Waals surface area contributed by atoms with Crippen molar-refractivity contribution in [3.05, 3.63) is 107 Å². The van der Waals surface area contributed by atoms with Crippen LogP contribution in [0.2, 0.25) is 0 Å². The van der Waals surface area contributed by atoms with Crippen LogP contribution in [0.15, 0.2) is 75.7 Å². The van der Waals surface area contributed by atoms with Gasteiger partial charge >= 0.3 is 0 Å². The van der Waals surface area contributed by atoms with Gasteiger partial charge in [0.15, 0.2) is 0 Å². The van der Waals surface area contributed by atoms with E-state index in [1.165, 1.54) is 4.90 Å². The molecule has 152 valence electrons. The number of benzene rings is 3. The first-order valence-electron chi connectivity index (χ1n) is 8.51. The number of halogens is 2. The van der Waals surface area contributed by atoms with Crippen LogP contribution >= 0.6 is 31.9 Å². The molecule has 0 N–H and O–H groups in total. The van der Waals surface area contributed by atoms with Crippen LogP contribution in [0.4, 0.5) is 17.1 Å². The molecule has 3 aromatic carbocycles. The fourth-order valence-electron chi connectivity index (χ4n) is 2.78. The Labute approximate surface area is 187 Å². The Morgan fingerprint density at radius 2 is 1.43 bits per heavy atom. The molecule has 1 amide bonds. The normalized spacial score (nSPS) is 10.5. The van der Waals surface area contributed by atoms with E-state index in [0.29, 0.717) is 5.69 Å². The average Bonchev–Trinajstić information content (AvgIpc) is 2.73. The molecular formula is C20H13Br2N3O5. The number of carbonyl (C=O) groups is 1. The summed E-state index contributed by atoms with van der Waals surface area (Å²) in [4.78, 5) is 35.7. The standard InChI is InChI=1S/C20H13Br2N3O5/c21-15-5-7-16(8-6-15)23(12-13-3-1-2-4-19(13)22)20(26)14-9-17(24(27)28)11-18(10-14)25(29)30/h1-11H,12H2. The molecule has 3 aromatic rings. The van der Waals surface area contributed by atoms with Gasteiger partial charge in [-0.2, -0.15) is 0 Å². The molecule has 0 unspecified atom stereocenters. The molecule has 0 heterocycles. The van der Waals surface area contributed by atoms with E-state index in [0.717, 1.165) is 32.7 Å². The minimum Gasteiger partial charge on any atom is -0.304 e. The van der Waals surface area contributed by atoms with Gasteiger partial charge in [0.1, 0.15) is 0 Å². The molecule has 0 radical (unpaired) electrons. The van der Waals surface area contributed by atoms with Crippen molar-refractivity contribution in [2.24, 2.45) is 0 Å². The molecule has 0 fully saturated rings. The number of carbonyl (C=O) groups excluding carboxylic acids is 1. The summed E-state index contributed by atoms with van der Waals surface area (Å²) in [6.45, 7) is 0.151. The lowest BCUT2D eigenvalue weighted by Crippen LogP contribution is -2.30. The zero-order valence-corrected chi connectivity index (χ0v) is 18.4. The van der Waals surface area contributed by atoms with Gasteiger partial charge in [-0.15, -0.1) is 0 Å². The summed E-state index contributed by atoms with van der Waals surface area (Å²) in [7, 11) is 0. The SMILES string of the molecule is O=C(c1cc([N+](=O)[O-])cc([N+](=O)[O-])c1)N(Cc1ccccc1Br)c1ccc(Br)cc1. The highest BCUT2D eigenvalue weighted by atomic mass is 79.9. The number of non-ortho nitro benzene ring substituents is 2. The number of rotatable bonds is 6. The lowest BCUT2D eigenvalue weighted by molar-refractivity contribution is -0.394. The number of nitrogens with zero attached hydrogens (tertiary/aromatic N) is 3. The highest BCUT2D eigenvalue weighted by Crippen LogP contribution is 2.28. The Kier molecular flexibility index (Phi) is 6.58. The fourth-order valence-corrected chi connectivity index (χ4v) is 3.46. The van der Waals surface area contributed by atoms with Crippen molar-refractivity contribution in [1.82, 2.24) is 0 Å². The maximum absolute atomic E-state index is 13.3. The van der Waals surface area contributed by atoms with Crippen LogP contribution in [0.25, 0.3) is 0 Å². The van der Waals surface area contributed by atoms with Crippen molar-refractivity contribution in [1.29, 1.82) is 0 Å². The lowest BCUT2D eigenvalue weighted by Gasteiger charge is -2.24. The van der Waals surface area contributed by atoms with Crippen molar-refractivity contribution in [2.75, 3.05) is 4.90 Å². The lowest BCUT2D eigenvalue weighted by atomic mass is 10.1. The van der Waals surface area contributed by atoms with Crippen molar-refractivity contribution >= 4 is 54.8 Å². The largest absolute Gasteiger partial charge is 0.304 e. The maximum Gasteiger partial charge on any atom is 0.277 e. The summed E-state index contributed by atoms with van der Waals surface area (Å²) in [5.74, 6) is -0.597. The van der Waals surface area contributed by atoms with Crippen molar-refractivity contribution in [3.63, 3.8) is 0 Å². The van der Waals surface area contributed by atoms with Crippen molar-refractivity contribution < 1.29 is 14.6 Å². The molecule has 0 atom stereocenters. The summed E-state index contributed by atoms with van der Waals surface area (Å²) < 4.78 is 1.59. The second kappa shape index (κ2) is 9.14. The molecule has 0 bridgehead atoms. The molecule has 0 aliphatic rings. The molecule has 0 aliphatic heterocycles. The predicted octanol–water partition coefficient (Wildman–Crippen LogP) is 5.88. The van der Waals surface area contributed by atoms with Gasteiger partial charge in [0, 0.05) is 26.8 Å². The first-order chi connectivity index (χ1) is 14.3. The third-order valence-corrected chi connectivity index (χ3v) is 5.54. The molecule has 30 heavy (non-hydrogen) atoms. The van der Waals surface area contributed by atoms with Crippen LogP contribution in [0.1, 0.15) is 15.9 Å². The summed E-state index contributed by atoms with van der Waals surface area (Å²) in [5, 5.41) is 22.4. The molecule has 0 saturated heterocycles. The Morgan fingerprint density at radius 1 is 0.867 bits per heavy atom. The maximum atomic E-state index is 13.3. The van der Waals surface area contributed by atoms with Gasteiger partial charge in [-0.1, -0.05) is 50.1 Å². The van der Waals surface area contributed by atoms with Gasteiger partial charge in [-0.3, -0.25) is 25.0 Å². The smallest absolute Gasteiger partial charge is 0.277 e. The second-order valence-corrected chi connectivity index (χ2v) is 7.98. The second-order valence-electron chi connectivity index (χ2n) is 6.21. The van der Waals surface area contributed by atoms with Crippen LogP contribution in [0.5, 0.6) is 0 Å². The van der Waals surface area contributed by atoms with E-state index in [1.54, 1.807) is 24.3 Å². The third-order valence-electron chi connectivity index (χ3n) is 4.24. The van der Waals surface area contributed by atoms with Gasteiger partial charge in [-0.05, 0) is 35.9 Å². The van der Waals surface area contributed by atoms with Crippen LogP contribution in [0.3, 0.4) is 0 Å². The molecule has 8 nitrogen and oxygen atoms in total. The Bertz CT molecular complexity index is 1100. The Hall–Kier alpha value is -3.11. The van der Waals surface area contributed by atoms with Crippen molar-refractivity contribution in [3.8, 4) is 0 Å².